The van der Waals surface area contributed by atoms with Crippen LogP contribution in [0, 0.1) is 6.92 Å². The van der Waals surface area contributed by atoms with Crippen molar-refractivity contribution in [3.8, 4) is 11.5 Å². The minimum absolute atomic E-state index is 0.0968. The summed E-state index contributed by atoms with van der Waals surface area (Å²) in [5.41, 5.74) is 2.32. The van der Waals surface area contributed by atoms with Crippen LogP contribution in [0.5, 0.6) is 11.5 Å². The third-order valence-corrected chi connectivity index (χ3v) is 4.19. The van der Waals surface area contributed by atoms with Gasteiger partial charge in [0.25, 0.3) is 0 Å². The Balaban J connectivity index is 1.49. The highest BCUT2D eigenvalue weighted by Gasteiger charge is 2.20. The summed E-state index contributed by atoms with van der Waals surface area (Å²) in [5, 5.41) is 0. The van der Waals surface area contributed by atoms with Gasteiger partial charge in [-0.2, -0.15) is 4.21 Å². The average molecular weight is 318 g/mol. The highest BCUT2D eigenvalue weighted by Crippen LogP contribution is 2.27. The summed E-state index contributed by atoms with van der Waals surface area (Å²) in [6, 6.07) is 15.3. The molecule has 2 aromatic rings. The Kier molecular flexibility index (Phi) is 4.75. The molecule has 116 valence electrons. The molecule has 0 bridgehead atoms. The van der Waals surface area contributed by atoms with Crippen molar-refractivity contribution in [1.29, 1.82) is 0 Å². The summed E-state index contributed by atoms with van der Waals surface area (Å²) in [4.78, 5) is 0. The van der Waals surface area contributed by atoms with E-state index in [9.17, 15) is 4.21 Å². The number of rotatable bonds is 5. The van der Waals surface area contributed by atoms with Gasteiger partial charge in [0, 0.05) is 0 Å². The molecule has 0 amide bonds. The zero-order valence-electron chi connectivity index (χ0n) is 12.4. The van der Waals surface area contributed by atoms with Crippen molar-refractivity contribution in [1.82, 2.24) is 0 Å². The molecule has 0 spiro atoms. The molecular weight excluding hydrogens is 300 g/mol. The van der Waals surface area contributed by atoms with Crippen LogP contribution in [0.1, 0.15) is 17.5 Å². The summed E-state index contributed by atoms with van der Waals surface area (Å²) in [7, 11) is 0. The van der Waals surface area contributed by atoms with Crippen molar-refractivity contribution in [3.63, 3.8) is 0 Å². The Labute approximate surface area is 132 Å². The minimum atomic E-state index is -1.82. The minimum Gasteiger partial charge on any atom is -0.488 e. The van der Waals surface area contributed by atoms with E-state index in [4.69, 9.17) is 13.1 Å². The fourth-order valence-electron chi connectivity index (χ4n) is 2.33. The second kappa shape index (κ2) is 6.94. The Morgan fingerprint density at radius 1 is 1.18 bits per heavy atom. The predicted molar refractivity (Wildman–Crippen MR) is 85.1 cm³/mol. The predicted octanol–water partition coefficient (Wildman–Crippen LogP) is 3.36. The number of hydrogen-bond donors (Lipinski definition) is 0. The lowest BCUT2D eigenvalue weighted by Gasteiger charge is -2.25. The highest BCUT2D eigenvalue weighted by atomic mass is 32.2. The molecule has 1 heterocycles. The van der Waals surface area contributed by atoms with Crippen LogP contribution in [-0.2, 0) is 22.0 Å². The van der Waals surface area contributed by atoms with Gasteiger partial charge < -0.3 is 8.92 Å². The second-order valence-corrected chi connectivity index (χ2v) is 6.08. The van der Waals surface area contributed by atoms with Crippen molar-refractivity contribution in [2.75, 3.05) is 6.61 Å². The number of aryl methyl sites for hydroxylation is 2. The molecule has 22 heavy (non-hydrogen) atoms. The lowest BCUT2D eigenvalue weighted by molar-refractivity contribution is 0.112. The van der Waals surface area contributed by atoms with Crippen LogP contribution in [0.15, 0.2) is 48.5 Å². The third-order valence-electron chi connectivity index (χ3n) is 3.54. The zero-order valence-corrected chi connectivity index (χ0v) is 13.2. The topological polar surface area (TPSA) is 44.8 Å². The first kappa shape index (κ1) is 15.1. The molecule has 4 nitrogen and oxygen atoms in total. The second-order valence-electron chi connectivity index (χ2n) is 5.27. The number of benzene rings is 2. The van der Waals surface area contributed by atoms with Crippen LogP contribution in [0.4, 0.5) is 0 Å². The van der Waals surface area contributed by atoms with E-state index >= 15 is 0 Å². The Hall–Kier alpha value is -1.85. The standard InChI is InChI=1S/C17H18O4S/c1-13-6-9-15(10-7-13)21-22(18)19-12-16-11-8-14-4-2-3-5-17(14)20-16/h2-7,9-10,16H,8,11-12H2,1H3. The Morgan fingerprint density at radius 2 is 1.95 bits per heavy atom. The molecule has 0 saturated carbocycles. The summed E-state index contributed by atoms with van der Waals surface area (Å²) in [6.45, 7) is 2.22. The van der Waals surface area contributed by atoms with Crippen LogP contribution < -0.4 is 8.92 Å². The van der Waals surface area contributed by atoms with E-state index in [1.54, 1.807) is 12.1 Å². The van der Waals surface area contributed by atoms with E-state index in [1.165, 1.54) is 5.56 Å². The summed E-state index contributed by atoms with van der Waals surface area (Å²) < 4.78 is 28.1. The van der Waals surface area contributed by atoms with Crippen molar-refractivity contribution in [2.45, 2.75) is 25.9 Å². The van der Waals surface area contributed by atoms with Crippen molar-refractivity contribution < 1.29 is 17.3 Å². The van der Waals surface area contributed by atoms with E-state index < -0.39 is 11.4 Å². The zero-order chi connectivity index (χ0) is 15.4. The van der Waals surface area contributed by atoms with Gasteiger partial charge in [-0.1, -0.05) is 35.9 Å². The number of para-hydroxylation sites is 1. The number of fused-ring (bicyclic) bond motifs is 1. The normalized spacial score (nSPS) is 18.1. The smallest absolute Gasteiger partial charge is 0.360 e. The monoisotopic (exact) mass is 318 g/mol. The first-order valence-corrected chi connectivity index (χ1v) is 8.25. The van der Waals surface area contributed by atoms with E-state index in [1.807, 2.05) is 37.3 Å². The molecule has 0 radical (unpaired) electrons. The number of ether oxygens (including phenoxy) is 1. The maximum absolute atomic E-state index is 11.8. The lowest BCUT2D eigenvalue weighted by atomic mass is 10.0. The fraction of sp³-hybridized carbons (Fsp3) is 0.294. The average Bonchev–Trinajstić information content (AvgIpc) is 2.55. The molecule has 3 rings (SSSR count). The molecule has 0 aromatic heterocycles. The summed E-state index contributed by atoms with van der Waals surface area (Å²) >= 11 is -1.82. The van der Waals surface area contributed by atoms with Crippen LogP contribution in [0.2, 0.25) is 0 Å². The molecule has 1 aliphatic rings. The van der Waals surface area contributed by atoms with Gasteiger partial charge in [-0.05, 0) is 43.5 Å². The van der Waals surface area contributed by atoms with Crippen LogP contribution in [-0.4, -0.2) is 16.9 Å². The Bertz CT molecular complexity index is 654. The van der Waals surface area contributed by atoms with Gasteiger partial charge in [0.15, 0.2) is 0 Å². The van der Waals surface area contributed by atoms with Gasteiger partial charge in [-0.3, -0.25) is 4.18 Å². The van der Waals surface area contributed by atoms with Gasteiger partial charge in [-0.15, -0.1) is 0 Å². The lowest BCUT2D eigenvalue weighted by Crippen LogP contribution is -2.28. The van der Waals surface area contributed by atoms with E-state index in [-0.39, 0.29) is 12.7 Å². The van der Waals surface area contributed by atoms with Crippen LogP contribution >= 0.6 is 0 Å². The molecular formula is C17H18O4S. The SMILES string of the molecule is Cc1ccc(OS(=O)OCC2CCc3ccccc3O2)cc1. The van der Waals surface area contributed by atoms with Crippen LogP contribution in [0.25, 0.3) is 0 Å². The van der Waals surface area contributed by atoms with Crippen molar-refractivity contribution >= 4 is 11.4 Å². The van der Waals surface area contributed by atoms with Crippen molar-refractivity contribution in [2.24, 2.45) is 0 Å². The largest absolute Gasteiger partial charge is 0.488 e. The molecule has 2 atom stereocenters. The Morgan fingerprint density at radius 3 is 2.77 bits per heavy atom. The first-order chi connectivity index (χ1) is 10.7. The summed E-state index contributed by atoms with van der Waals surface area (Å²) in [5.74, 6) is 1.41. The molecule has 2 unspecified atom stereocenters. The van der Waals surface area contributed by atoms with E-state index in [0.29, 0.717) is 5.75 Å². The van der Waals surface area contributed by atoms with Gasteiger partial charge >= 0.3 is 11.4 Å². The number of hydrogen-bond acceptors (Lipinski definition) is 4. The van der Waals surface area contributed by atoms with Crippen molar-refractivity contribution in [3.05, 3.63) is 59.7 Å². The quantitative estimate of drug-likeness (QED) is 0.848. The molecule has 5 heteroatoms. The first-order valence-electron chi connectivity index (χ1n) is 7.25. The van der Waals surface area contributed by atoms with E-state index in [0.717, 1.165) is 24.2 Å². The van der Waals surface area contributed by atoms with Gasteiger partial charge in [-0.25, -0.2) is 0 Å². The molecule has 0 fully saturated rings. The summed E-state index contributed by atoms with van der Waals surface area (Å²) in [6.07, 6.45) is 1.69. The molecule has 1 aliphatic heterocycles. The molecule has 0 saturated heterocycles. The highest BCUT2D eigenvalue weighted by molar-refractivity contribution is 7.75. The fourth-order valence-corrected chi connectivity index (χ4v) is 2.90. The maximum atomic E-state index is 11.8. The van der Waals surface area contributed by atoms with Crippen LogP contribution in [0.3, 0.4) is 0 Å². The molecule has 0 aliphatic carbocycles. The maximum Gasteiger partial charge on any atom is 0.360 e. The van der Waals surface area contributed by atoms with Gasteiger partial charge in [0.1, 0.15) is 24.2 Å². The van der Waals surface area contributed by atoms with Gasteiger partial charge in [0.2, 0.25) is 0 Å². The van der Waals surface area contributed by atoms with E-state index in [2.05, 4.69) is 6.07 Å². The molecule has 2 aromatic carbocycles. The molecule has 0 N–H and O–H groups in total. The third kappa shape index (κ3) is 3.87. The van der Waals surface area contributed by atoms with Gasteiger partial charge in [0.05, 0.1) is 0 Å².